The molecule has 0 atom stereocenters. The normalized spacial score (nSPS) is 8.62. The molecular formula is C11H8BrNO3. The number of amides is 1. The van der Waals surface area contributed by atoms with E-state index in [1.165, 1.54) is 7.11 Å². The lowest BCUT2D eigenvalue weighted by Gasteiger charge is -1.99. The first kappa shape index (κ1) is 12.3. The molecule has 1 rings (SSSR count). The Morgan fingerprint density at radius 3 is 2.44 bits per heavy atom. The van der Waals surface area contributed by atoms with Gasteiger partial charge in [0.05, 0.1) is 7.11 Å². The predicted octanol–water partition coefficient (Wildman–Crippen LogP) is 1.56. The van der Waals surface area contributed by atoms with Crippen molar-refractivity contribution in [3.63, 3.8) is 0 Å². The molecule has 16 heavy (non-hydrogen) atoms. The van der Waals surface area contributed by atoms with Gasteiger partial charge in [-0.05, 0) is 24.3 Å². The third-order valence-electron chi connectivity index (χ3n) is 1.57. The number of ether oxygens (including phenoxy) is 1. The number of carbonyl (C=O) groups is 2. The predicted molar refractivity (Wildman–Crippen MR) is 62.6 cm³/mol. The van der Waals surface area contributed by atoms with Crippen molar-refractivity contribution in [1.82, 2.24) is 0 Å². The monoisotopic (exact) mass is 281 g/mol. The number of benzene rings is 1. The van der Waals surface area contributed by atoms with E-state index in [9.17, 15) is 9.59 Å². The molecule has 0 saturated heterocycles. The second kappa shape index (κ2) is 5.93. The number of hydrogen-bond acceptors (Lipinski definition) is 3. The first-order chi connectivity index (χ1) is 7.61. The highest BCUT2D eigenvalue weighted by molar-refractivity contribution is 9.10. The standard InChI is InChI=1S/C11H8BrNO3/c1-16-11(15)7-6-10(14)13-9-4-2-8(12)3-5-9/h2-5H,1H3,(H,13,14). The molecule has 0 aliphatic heterocycles. The van der Waals surface area contributed by atoms with E-state index in [0.717, 1.165) is 4.47 Å². The summed E-state index contributed by atoms with van der Waals surface area (Å²) < 4.78 is 5.18. The third kappa shape index (κ3) is 4.15. The van der Waals surface area contributed by atoms with E-state index in [1.807, 2.05) is 5.92 Å². The number of carbonyl (C=O) groups excluding carboxylic acids is 2. The van der Waals surface area contributed by atoms with Crippen LogP contribution in [-0.2, 0) is 14.3 Å². The molecule has 0 radical (unpaired) electrons. The van der Waals surface area contributed by atoms with Gasteiger partial charge in [-0.1, -0.05) is 15.9 Å². The molecule has 0 saturated carbocycles. The van der Waals surface area contributed by atoms with Crippen LogP contribution in [0.5, 0.6) is 0 Å². The molecule has 1 aromatic carbocycles. The molecule has 5 heteroatoms. The van der Waals surface area contributed by atoms with Gasteiger partial charge < -0.3 is 10.1 Å². The van der Waals surface area contributed by atoms with Crippen LogP contribution in [0.4, 0.5) is 5.69 Å². The number of halogens is 1. The Hall–Kier alpha value is -1.80. The fraction of sp³-hybridized carbons (Fsp3) is 0.0909. The van der Waals surface area contributed by atoms with Crippen molar-refractivity contribution < 1.29 is 14.3 Å². The Balaban J connectivity index is 2.60. The van der Waals surface area contributed by atoms with Gasteiger partial charge in [-0.3, -0.25) is 4.79 Å². The molecule has 0 bridgehead atoms. The van der Waals surface area contributed by atoms with Crippen LogP contribution in [0.3, 0.4) is 0 Å². The van der Waals surface area contributed by atoms with Gasteiger partial charge in [0, 0.05) is 22.0 Å². The maximum absolute atomic E-state index is 11.2. The molecule has 0 aliphatic rings. The highest BCUT2D eigenvalue weighted by Crippen LogP contribution is 2.13. The quantitative estimate of drug-likeness (QED) is 0.483. The minimum absolute atomic E-state index is 0.562. The second-order valence-corrected chi connectivity index (χ2v) is 3.62. The summed E-state index contributed by atoms with van der Waals surface area (Å²) in [4.78, 5) is 21.8. The highest BCUT2D eigenvalue weighted by Gasteiger charge is 1.98. The summed E-state index contributed by atoms with van der Waals surface area (Å²) in [7, 11) is 1.20. The Kier molecular flexibility index (Phi) is 4.55. The molecular weight excluding hydrogens is 274 g/mol. The van der Waals surface area contributed by atoms with Crippen LogP contribution in [-0.4, -0.2) is 19.0 Å². The Morgan fingerprint density at radius 2 is 1.88 bits per heavy atom. The van der Waals surface area contributed by atoms with Crippen LogP contribution in [0, 0.1) is 11.8 Å². The average molecular weight is 282 g/mol. The van der Waals surface area contributed by atoms with Crippen LogP contribution < -0.4 is 5.32 Å². The zero-order valence-electron chi connectivity index (χ0n) is 8.41. The molecule has 1 amide bonds. The van der Waals surface area contributed by atoms with Crippen molar-refractivity contribution in [2.75, 3.05) is 12.4 Å². The number of anilines is 1. The van der Waals surface area contributed by atoms with E-state index in [4.69, 9.17) is 0 Å². The summed E-state index contributed by atoms with van der Waals surface area (Å²) in [5.74, 6) is 2.83. The Morgan fingerprint density at radius 1 is 1.25 bits per heavy atom. The number of esters is 1. The smallest absolute Gasteiger partial charge is 0.384 e. The molecule has 4 nitrogen and oxygen atoms in total. The molecule has 0 spiro atoms. The van der Waals surface area contributed by atoms with Crippen LogP contribution in [0.1, 0.15) is 0 Å². The molecule has 0 fully saturated rings. The molecule has 1 aromatic rings. The number of nitrogens with one attached hydrogen (secondary N) is 1. The van der Waals surface area contributed by atoms with E-state index < -0.39 is 11.9 Å². The molecule has 82 valence electrons. The van der Waals surface area contributed by atoms with Crippen molar-refractivity contribution in [2.45, 2.75) is 0 Å². The zero-order chi connectivity index (χ0) is 12.0. The minimum atomic E-state index is -0.744. The summed E-state index contributed by atoms with van der Waals surface area (Å²) in [6.07, 6.45) is 0. The molecule has 0 unspecified atom stereocenters. The number of rotatable bonds is 1. The largest absolute Gasteiger partial charge is 0.459 e. The molecule has 0 aliphatic carbocycles. The maximum atomic E-state index is 11.2. The molecule has 1 N–H and O–H groups in total. The van der Waals surface area contributed by atoms with Gasteiger partial charge in [0.15, 0.2) is 0 Å². The van der Waals surface area contributed by atoms with Gasteiger partial charge in [0.2, 0.25) is 0 Å². The first-order valence-electron chi connectivity index (χ1n) is 4.28. The average Bonchev–Trinajstić information content (AvgIpc) is 2.29. The van der Waals surface area contributed by atoms with E-state index in [-0.39, 0.29) is 0 Å². The molecule has 0 heterocycles. The summed E-state index contributed by atoms with van der Waals surface area (Å²) in [6, 6.07) is 6.98. The van der Waals surface area contributed by atoms with Crippen LogP contribution in [0.15, 0.2) is 28.7 Å². The highest BCUT2D eigenvalue weighted by atomic mass is 79.9. The Bertz CT molecular complexity index is 456. The van der Waals surface area contributed by atoms with Crippen molar-refractivity contribution in [3.8, 4) is 11.8 Å². The fourth-order valence-corrected chi connectivity index (χ4v) is 1.12. The summed E-state index contributed by atoms with van der Waals surface area (Å²) >= 11 is 3.27. The van der Waals surface area contributed by atoms with Gasteiger partial charge in [-0.25, -0.2) is 4.79 Å². The topological polar surface area (TPSA) is 55.4 Å². The van der Waals surface area contributed by atoms with Crippen LogP contribution in [0.25, 0.3) is 0 Å². The zero-order valence-corrected chi connectivity index (χ0v) is 10.00. The van der Waals surface area contributed by atoms with E-state index >= 15 is 0 Å². The number of methoxy groups -OCH3 is 1. The van der Waals surface area contributed by atoms with Gasteiger partial charge in [0.25, 0.3) is 0 Å². The van der Waals surface area contributed by atoms with Gasteiger partial charge >= 0.3 is 11.9 Å². The lowest BCUT2D eigenvalue weighted by atomic mass is 10.3. The van der Waals surface area contributed by atoms with Crippen molar-refractivity contribution in [1.29, 1.82) is 0 Å². The summed E-state index contributed by atoms with van der Waals surface area (Å²) in [5.41, 5.74) is 0.604. The van der Waals surface area contributed by atoms with E-state index in [1.54, 1.807) is 24.3 Å². The van der Waals surface area contributed by atoms with Gasteiger partial charge in [-0.2, -0.15) is 0 Å². The molecule has 0 aromatic heterocycles. The van der Waals surface area contributed by atoms with Crippen LogP contribution in [0.2, 0.25) is 0 Å². The van der Waals surface area contributed by atoms with Gasteiger partial charge in [-0.15, -0.1) is 0 Å². The first-order valence-corrected chi connectivity index (χ1v) is 5.07. The lowest BCUT2D eigenvalue weighted by Crippen LogP contribution is -2.09. The SMILES string of the molecule is COC(=O)C#CC(=O)Nc1ccc(Br)cc1. The number of hydrogen-bond donors (Lipinski definition) is 1. The summed E-state index contributed by atoms with van der Waals surface area (Å²) in [6.45, 7) is 0. The second-order valence-electron chi connectivity index (χ2n) is 2.70. The maximum Gasteiger partial charge on any atom is 0.384 e. The summed E-state index contributed by atoms with van der Waals surface area (Å²) in [5, 5.41) is 2.51. The minimum Gasteiger partial charge on any atom is -0.459 e. The fourth-order valence-electron chi connectivity index (χ4n) is 0.854. The van der Waals surface area contributed by atoms with Gasteiger partial charge in [0.1, 0.15) is 0 Å². The van der Waals surface area contributed by atoms with E-state index in [2.05, 4.69) is 31.9 Å². The van der Waals surface area contributed by atoms with Crippen LogP contribution >= 0.6 is 15.9 Å². The van der Waals surface area contributed by atoms with E-state index in [0.29, 0.717) is 5.69 Å². The van der Waals surface area contributed by atoms with Crippen molar-refractivity contribution >= 4 is 33.5 Å². The third-order valence-corrected chi connectivity index (χ3v) is 2.09. The lowest BCUT2D eigenvalue weighted by molar-refractivity contribution is -0.133. The van der Waals surface area contributed by atoms with Crippen molar-refractivity contribution in [3.05, 3.63) is 28.7 Å². The van der Waals surface area contributed by atoms with Crippen molar-refractivity contribution in [2.24, 2.45) is 0 Å². The Labute approximate surface area is 101 Å².